The molecule has 7 nitrogen and oxygen atoms in total. The number of rotatable bonds is 11. The van der Waals surface area contributed by atoms with Crippen molar-refractivity contribution >= 4 is 0 Å². The minimum atomic E-state index is -0.575. The number of nitrogens with zero attached hydrogens (tertiary/aromatic N) is 2. The monoisotopic (exact) mass is 415 g/mol. The maximum absolute atomic E-state index is 10.4. The number of likely N-dealkylation sites (tertiary alicyclic amines) is 1. The van der Waals surface area contributed by atoms with Crippen molar-refractivity contribution in [1.82, 2.24) is 15.2 Å². The van der Waals surface area contributed by atoms with Gasteiger partial charge in [0.15, 0.2) is 0 Å². The zero-order chi connectivity index (χ0) is 21.2. The van der Waals surface area contributed by atoms with E-state index in [9.17, 15) is 10.2 Å². The number of benzene rings is 1. The van der Waals surface area contributed by atoms with E-state index in [1.54, 1.807) is 13.3 Å². The number of aliphatic hydroxyl groups is 2. The quantitative estimate of drug-likeness (QED) is 0.481. The molecular weight excluding hydrogens is 382 g/mol. The summed E-state index contributed by atoms with van der Waals surface area (Å²) in [7, 11) is 1.65. The molecule has 1 aliphatic heterocycles. The molecule has 1 fully saturated rings. The van der Waals surface area contributed by atoms with E-state index in [2.05, 4.69) is 21.3 Å². The summed E-state index contributed by atoms with van der Waals surface area (Å²) in [6.45, 7) is 3.88. The average molecular weight is 416 g/mol. The zero-order valence-corrected chi connectivity index (χ0v) is 17.7. The second kappa shape index (κ2) is 11.9. The maximum atomic E-state index is 10.4. The van der Waals surface area contributed by atoms with Crippen molar-refractivity contribution in [2.24, 2.45) is 0 Å². The van der Waals surface area contributed by atoms with Crippen LogP contribution in [0.5, 0.6) is 11.5 Å². The molecule has 3 rings (SSSR count). The van der Waals surface area contributed by atoms with Crippen LogP contribution in [0.2, 0.25) is 0 Å². The molecule has 1 saturated heterocycles. The number of ether oxygens (including phenoxy) is 2. The van der Waals surface area contributed by atoms with Crippen molar-refractivity contribution in [3.05, 3.63) is 53.9 Å². The lowest BCUT2D eigenvalue weighted by Crippen LogP contribution is -2.41. The minimum Gasteiger partial charge on any atom is -0.497 e. The highest BCUT2D eigenvalue weighted by atomic mass is 16.5. The molecule has 1 aliphatic rings. The molecule has 0 unspecified atom stereocenters. The Bertz CT molecular complexity index is 751. The molecule has 2 heterocycles. The summed E-state index contributed by atoms with van der Waals surface area (Å²) in [4.78, 5) is 6.32. The first kappa shape index (κ1) is 22.5. The summed E-state index contributed by atoms with van der Waals surface area (Å²) in [6, 6.07) is 9.73. The number of aliphatic hydroxyl groups excluding tert-OH is 2. The largest absolute Gasteiger partial charge is 0.497 e. The van der Waals surface area contributed by atoms with E-state index < -0.39 is 6.10 Å². The van der Waals surface area contributed by atoms with Crippen LogP contribution < -0.4 is 14.8 Å². The second-order valence-corrected chi connectivity index (χ2v) is 7.76. The summed E-state index contributed by atoms with van der Waals surface area (Å²) in [5.41, 5.74) is 2.19. The van der Waals surface area contributed by atoms with E-state index in [1.165, 1.54) is 5.56 Å². The van der Waals surface area contributed by atoms with Gasteiger partial charge in [0.1, 0.15) is 24.2 Å². The van der Waals surface area contributed by atoms with E-state index in [0.717, 1.165) is 56.0 Å². The smallest absolute Gasteiger partial charge is 0.124 e. The molecule has 0 saturated carbocycles. The van der Waals surface area contributed by atoms with Gasteiger partial charge >= 0.3 is 0 Å². The second-order valence-electron chi connectivity index (χ2n) is 7.76. The topological polar surface area (TPSA) is 87.1 Å². The van der Waals surface area contributed by atoms with Crippen LogP contribution in [0.4, 0.5) is 0 Å². The van der Waals surface area contributed by atoms with Crippen LogP contribution in [0, 0.1) is 0 Å². The SMILES string of the molecule is COc1ccc(OC[C@@H](O)CN2CCC(O)CC2)c(CNCCc2cccnc2)c1. The molecule has 0 bridgehead atoms. The number of aromatic nitrogens is 1. The molecule has 0 aliphatic carbocycles. The molecule has 1 aromatic heterocycles. The molecule has 0 amide bonds. The lowest BCUT2D eigenvalue weighted by Gasteiger charge is -2.31. The van der Waals surface area contributed by atoms with Crippen LogP contribution in [-0.2, 0) is 13.0 Å². The van der Waals surface area contributed by atoms with Gasteiger partial charge in [-0.3, -0.25) is 4.98 Å². The molecule has 7 heteroatoms. The van der Waals surface area contributed by atoms with Gasteiger partial charge < -0.3 is 29.9 Å². The zero-order valence-electron chi connectivity index (χ0n) is 17.7. The minimum absolute atomic E-state index is 0.206. The molecule has 1 aromatic carbocycles. The van der Waals surface area contributed by atoms with Crippen molar-refractivity contribution < 1.29 is 19.7 Å². The first-order valence-corrected chi connectivity index (χ1v) is 10.6. The summed E-state index contributed by atoms with van der Waals surface area (Å²) >= 11 is 0. The summed E-state index contributed by atoms with van der Waals surface area (Å²) < 4.78 is 11.3. The normalized spacial score (nSPS) is 16.4. The highest BCUT2D eigenvalue weighted by Crippen LogP contribution is 2.24. The Morgan fingerprint density at radius 1 is 1.27 bits per heavy atom. The van der Waals surface area contributed by atoms with Crippen LogP contribution in [0.25, 0.3) is 0 Å². The molecule has 0 spiro atoms. The maximum Gasteiger partial charge on any atom is 0.124 e. The van der Waals surface area contributed by atoms with E-state index in [1.807, 2.05) is 30.5 Å². The third-order valence-corrected chi connectivity index (χ3v) is 5.35. The van der Waals surface area contributed by atoms with Crippen molar-refractivity contribution in [2.45, 2.75) is 38.0 Å². The Morgan fingerprint density at radius 3 is 2.83 bits per heavy atom. The molecule has 2 aromatic rings. The first-order valence-electron chi connectivity index (χ1n) is 10.6. The fourth-order valence-corrected chi connectivity index (χ4v) is 3.60. The number of nitrogens with one attached hydrogen (secondary N) is 1. The summed E-state index contributed by atoms with van der Waals surface area (Å²) in [5, 5.41) is 23.4. The van der Waals surface area contributed by atoms with Gasteiger partial charge in [0.25, 0.3) is 0 Å². The Morgan fingerprint density at radius 2 is 2.10 bits per heavy atom. The third-order valence-electron chi connectivity index (χ3n) is 5.35. The molecular formula is C23H33N3O4. The van der Waals surface area contributed by atoms with Gasteiger partial charge in [-0.1, -0.05) is 6.07 Å². The van der Waals surface area contributed by atoms with Crippen molar-refractivity contribution in [2.75, 3.05) is 39.9 Å². The van der Waals surface area contributed by atoms with Crippen LogP contribution in [-0.4, -0.2) is 72.2 Å². The molecule has 1 atom stereocenters. The number of piperidine rings is 1. The van der Waals surface area contributed by atoms with Gasteiger partial charge in [-0.05, 0) is 55.6 Å². The fourth-order valence-electron chi connectivity index (χ4n) is 3.60. The molecule has 30 heavy (non-hydrogen) atoms. The fraction of sp³-hybridized carbons (Fsp3) is 0.522. The van der Waals surface area contributed by atoms with Crippen LogP contribution in [0.15, 0.2) is 42.7 Å². The van der Waals surface area contributed by atoms with Crippen molar-refractivity contribution in [3.8, 4) is 11.5 Å². The standard InChI is InChI=1S/C23H33N3O4/c1-29-22-4-5-23(30-17-21(28)16-26-11-7-20(27)8-12-26)19(13-22)15-25-10-6-18-3-2-9-24-14-18/h2-5,9,13-14,20-21,25,27-28H,6-8,10-12,15-17H2,1H3/t21-/m0/s1. The molecule has 164 valence electrons. The van der Waals surface area contributed by atoms with Crippen molar-refractivity contribution in [3.63, 3.8) is 0 Å². The van der Waals surface area contributed by atoms with Gasteiger partial charge in [0.05, 0.1) is 13.2 Å². The number of methoxy groups -OCH3 is 1. The lowest BCUT2D eigenvalue weighted by atomic mass is 10.1. The third kappa shape index (κ3) is 7.25. The van der Waals surface area contributed by atoms with E-state index in [-0.39, 0.29) is 12.7 Å². The van der Waals surface area contributed by atoms with E-state index in [0.29, 0.717) is 13.1 Å². The van der Waals surface area contributed by atoms with Gasteiger partial charge in [-0.25, -0.2) is 0 Å². The Labute approximate surface area is 178 Å². The predicted octanol–water partition coefficient (Wildman–Crippen LogP) is 1.62. The molecule has 3 N–H and O–H groups in total. The van der Waals surface area contributed by atoms with Crippen LogP contribution in [0.3, 0.4) is 0 Å². The van der Waals surface area contributed by atoms with Gasteiger partial charge in [0.2, 0.25) is 0 Å². The number of hydrogen-bond donors (Lipinski definition) is 3. The van der Waals surface area contributed by atoms with Crippen LogP contribution >= 0.6 is 0 Å². The lowest BCUT2D eigenvalue weighted by molar-refractivity contribution is 0.0336. The number of pyridine rings is 1. The summed E-state index contributed by atoms with van der Waals surface area (Å²) in [6.07, 6.45) is 5.31. The Balaban J connectivity index is 1.48. The average Bonchev–Trinajstić information content (AvgIpc) is 2.78. The van der Waals surface area contributed by atoms with Crippen molar-refractivity contribution in [1.29, 1.82) is 0 Å². The Hall–Kier alpha value is -2.19. The highest BCUT2D eigenvalue weighted by Gasteiger charge is 2.19. The highest BCUT2D eigenvalue weighted by molar-refractivity contribution is 5.40. The number of hydrogen-bond acceptors (Lipinski definition) is 7. The Kier molecular flexibility index (Phi) is 8.89. The first-order chi connectivity index (χ1) is 14.6. The summed E-state index contributed by atoms with van der Waals surface area (Å²) in [5.74, 6) is 1.52. The van der Waals surface area contributed by atoms with E-state index >= 15 is 0 Å². The van der Waals surface area contributed by atoms with Gasteiger partial charge in [-0.15, -0.1) is 0 Å². The van der Waals surface area contributed by atoms with Gasteiger partial charge in [0, 0.05) is 44.1 Å². The van der Waals surface area contributed by atoms with E-state index in [4.69, 9.17) is 9.47 Å². The predicted molar refractivity (Wildman–Crippen MR) is 116 cm³/mol. The molecule has 0 radical (unpaired) electrons. The number of β-amino-alcohol motifs (C(OH)–C–C–N with tert-alkyl or cyclic N) is 1. The van der Waals surface area contributed by atoms with Crippen LogP contribution in [0.1, 0.15) is 24.0 Å². The van der Waals surface area contributed by atoms with Gasteiger partial charge in [-0.2, -0.15) is 0 Å².